The number of anilines is 2. The number of benzene rings is 1. The second-order valence-corrected chi connectivity index (χ2v) is 9.04. The van der Waals surface area contributed by atoms with E-state index in [-0.39, 0.29) is 59.1 Å². The van der Waals surface area contributed by atoms with Gasteiger partial charge in [-0.1, -0.05) is 25.0 Å². The molecule has 2 bridgehead atoms. The van der Waals surface area contributed by atoms with Gasteiger partial charge in [0.1, 0.15) is 0 Å². The zero-order valence-electron chi connectivity index (χ0n) is 16.0. The van der Waals surface area contributed by atoms with Crippen LogP contribution in [0.25, 0.3) is 0 Å². The minimum atomic E-state index is -0.234. The first kappa shape index (κ1) is 17.1. The highest BCUT2D eigenvalue weighted by molar-refractivity contribution is 6.24. The molecule has 6 atom stereocenters. The molecule has 3 aliphatic carbocycles. The van der Waals surface area contributed by atoms with Gasteiger partial charge in [0.05, 0.1) is 35.0 Å². The third-order valence-electron chi connectivity index (χ3n) is 7.68. The van der Waals surface area contributed by atoms with Crippen molar-refractivity contribution >= 4 is 35.0 Å². The van der Waals surface area contributed by atoms with Gasteiger partial charge in [0, 0.05) is 0 Å². The fraction of sp³-hybridized carbons (Fsp3) is 0.478. The molecule has 0 unspecified atom stereocenters. The van der Waals surface area contributed by atoms with Crippen molar-refractivity contribution in [3.63, 3.8) is 0 Å². The van der Waals surface area contributed by atoms with E-state index in [2.05, 4.69) is 12.2 Å². The summed E-state index contributed by atoms with van der Waals surface area (Å²) in [5.74, 6) is -0.976. The van der Waals surface area contributed by atoms with Crippen molar-refractivity contribution in [2.24, 2.45) is 35.5 Å². The number of carbonyl (C=O) groups is 4. The normalized spacial score (nSPS) is 37.7. The number of imide groups is 2. The monoisotopic (exact) mass is 390 g/mol. The van der Waals surface area contributed by atoms with Crippen LogP contribution in [0.2, 0.25) is 0 Å². The summed E-state index contributed by atoms with van der Waals surface area (Å²) in [6, 6.07) is 6.74. The van der Waals surface area contributed by atoms with Crippen molar-refractivity contribution in [2.45, 2.75) is 32.1 Å². The molecule has 4 fully saturated rings. The largest absolute Gasteiger partial charge is 0.274 e. The van der Waals surface area contributed by atoms with Gasteiger partial charge in [-0.2, -0.15) is 0 Å². The van der Waals surface area contributed by atoms with Gasteiger partial charge >= 0.3 is 0 Å². The van der Waals surface area contributed by atoms with Gasteiger partial charge in [0.2, 0.25) is 23.6 Å². The maximum Gasteiger partial charge on any atom is 0.238 e. The molecule has 148 valence electrons. The highest BCUT2D eigenvalue weighted by Crippen LogP contribution is 2.53. The predicted octanol–water partition coefficient (Wildman–Crippen LogP) is 2.68. The van der Waals surface area contributed by atoms with Crippen LogP contribution in [0.15, 0.2) is 36.4 Å². The van der Waals surface area contributed by atoms with E-state index in [1.807, 2.05) is 0 Å². The molecule has 2 saturated carbocycles. The van der Waals surface area contributed by atoms with Crippen molar-refractivity contribution < 1.29 is 19.2 Å². The number of hydrogen-bond acceptors (Lipinski definition) is 4. The third kappa shape index (κ3) is 2.17. The standard InChI is InChI=1S/C23H22N2O4/c26-20-16-3-1-2-4-17(16)21(27)24(20)14-7-9-15(10-8-14)25-22(28)18-12-5-6-13(11-12)19(18)23(25)29/h5-10,12-13,16-19H,1-4,11H2/t12-,13-,16-,17-,18-,19+/m0/s1. The minimum Gasteiger partial charge on any atom is -0.274 e. The van der Waals surface area contributed by atoms with Crippen LogP contribution in [0.5, 0.6) is 0 Å². The van der Waals surface area contributed by atoms with E-state index in [1.165, 1.54) is 9.80 Å². The Bertz CT molecular complexity index is 927. The SMILES string of the molecule is O=C1[C@@H]2[C@H](C(=O)N1c1ccc(N3C(=O)[C@H]4CCCC[C@@H]4C3=O)cc1)[C@H]1C=C[C@H]2C1. The summed E-state index contributed by atoms with van der Waals surface area (Å²) in [5, 5.41) is 0. The van der Waals surface area contributed by atoms with Crippen molar-refractivity contribution in [2.75, 3.05) is 9.80 Å². The highest BCUT2D eigenvalue weighted by Gasteiger charge is 2.59. The lowest BCUT2D eigenvalue weighted by atomic mass is 9.81. The average molecular weight is 390 g/mol. The molecule has 2 saturated heterocycles. The first-order valence-electron chi connectivity index (χ1n) is 10.6. The Balaban J connectivity index is 1.28. The third-order valence-corrected chi connectivity index (χ3v) is 7.68. The smallest absolute Gasteiger partial charge is 0.238 e. The molecule has 0 radical (unpaired) electrons. The van der Waals surface area contributed by atoms with Crippen LogP contribution in [-0.2, 0) is 19.2 Å². The number of nitrogens with zero attached hydrogens (tertiary/aromatic N) is 2. The molecule has 29 heavy (non-hydrogen) atoms. The summed E-state index contributed by atoms with van der Waals surface area (Å²) in [4.78, 5) is 54.1. The van der Waals surface area contributed by atoms with Gasteiger partial charge < -0.3 is 0 Å². The molecule has 5 aliphatic rings. The summed E-state index contributed by atoms with van der Waals surface area (Å²) < 4.78 is 0. The Kier molecular flexibility index (Phi) is 3.47. The van der Waals surface area contributed by atoms with Crippen LogP contribution >= 0.6 is 0 Å². The van der Waals surface area contributed by atoms with Gasteiger partial charge in [0.15, 0.2) is 0 Å². The zero-order chi connectivity index (χ0) is 19.9. The van der Waals surface area contributed by atoms with E-state index in [1.54, 1.807) is 24.3 Å². The molecule has 0 spiro atoms. The van der Waals surface area contributed by atoms with E-state index in [0.29, 0.717) is 11.4 Å². The summed E-state index contributed by atoms with van der Waals surface area (Å²) >= 11 is 0. The first-order valence-corrected chi connectivity index (χ1v) is 10.6. The summed E-state index contributed by atoms with van der Waals surface area (Å²) in [7, 11) is 0. The van der Waals surface area contributed by atoms with Gasteiger partial charge in [-0.3, -0.25) is 29.0 Å². The number of amides is 4. The maximum absolute atomic E-state index is 13.0. The van der Waals surface area contributed by atoms with Crippen LogP contribution < -0.4 is 9.80 Å². The van der Waals surface area contributed by atoms with Gasteiger partial charge in [-0.05, 0) is 55.4 Å². The topological polar surface area (TPSA) is 74.8 Å². The molecule has 0 aromatic heterocycles. The van der Waals surface area contributed by atoms with Crippen LogP contribution in [-0.4, -0.2) is 23.6 Å². The zero-order valence-corrected chi connectivity index (χ0v) is 16.0. The number of fused-ring (bicyclic) bond motifs is 6. The Morgan fingerprint density at radius 1 is 0.621 bits per heavy atom. The molecular weight excluding hydrogens is 368 g/mol. The minimum absolute atomic E-state index is 0.113. The van der Waals surface area contributed by atoms with E-state index in [0.717, 1.165) is 32.1 Å². The van der Waals surface area contributed by atoms with Gasteiger partial charge in [-0.25, -0.2) is 0 Å². The van der Waals surface area contributed by atoms with Crippen molar-refractivity contribution in [3.05, 3.63) is 36.4 Å². The number of carbonyl (C=O) groups excluding carboxylic acids is 4. The predicted molar refractivity (Wildman–Crippen MR) is 105 cm³/mol. The van der Waals surface area contributed by atoms with E-state index >= 15 is 0 Å². The molecule has 1 aromatic rings. The Labute approximate surface area is 168 Å². The Morgan fingerprint density at radius 3 is 1.48 bits per heavy atom. The van der Waals surface area contributed by atoms with Gasteiger partial charge in [-0.15, -0.1) is 0 Å². The molecule has 4 amide bonds. The van der Waals surface area contributed by atoms with Crippen LogP contribution in [0.3, 0.4) is 0 Å². The fourth-order valence-electron chi connectivity index (χ4n) is 6.32. The van der Waals surface area contributed by atoms with E-state index in [9.17, 15) is 19.2 Å². The Hall–Kier alpha value is -2.76. The summed E-state index contributed by atoms with van der Waals surface area (Å²) in [6.07, 6.45) is 8.60. The quantitative estimate of drug-likeness (QED) is 0.575. The van der Waals surface area contributed by atoms with Crippen LogP contribution in [0.4, 0.5) is 11.4 Å². The number of rotatable bonds is 2. The van der Waals surface area contributed by atoms with Crippen molar-refractivity contribution in [1.29, 1.82) is 0 Å². The molecule has 2 aliphatic heterocycles. The molecule has 6 heteroatoms. The van der Waals surface area contributed by atoms with E-state index < -0.39 is 0 Å². The number of hydrogen-bond donors (Lipinski definition) is 0. The van der Waals surface area contributed by atoms with Crippen LogP contribution in [0, 0.1) is 35.5 Å². The lowest BCUT2D eigenvalue weighted by molar-refractivity contribution is -0.124. The molecule has 6 nitrogen and oxygen atoms in total. The second kappa shape index (κ2) is 5.88. The molecular formula is C23H22N2O4. The lowest BCUT2D eigenvalue weighted by Crippen LogP contribution is -2.33. The molecule has 1 aromatic carbocycles. The second-order valence-electron chi connectivity index (χ2n) is 9.04. The highest BCUT2D eigenvalue weighted by atomic mass is 16.2. The first-order chi connectivity index (χ1) is 14.1. The van der Waals surface area contributed by atoms with Crippen LogP contribution in [0.1, 0.15) is 32.1 Å². The number of allylic oxidation sites excluding steroid dienone is 2. The molecule has 0 N–H and O–H groups in total. The van der Waals surface area contributed by atoms with Crippen molar-refractivity contribution in [1.82, 2.24) is 0 Å². The Morgan fingerprint density at radius 2 is 1.03 bits per heavy atom. The van der Waals surface area contributed by atoms with E-state index in [4.69, 9.17) is 0 Å². The summed E-state index contributed by atoms with van der Waals surface area (Å²) in [5.41, 5.74) is 1.05. The average Bonchev–Trinajstić information content (AvgIpc) is 3.47. The lowest BCUT2D eigenvalue weighted by Gasteiger charge is -2.19. The summed E-state index contributed by atoms with van der Waals surface area (Å²) in [6.45, 7) is 0. The fourth-order valence-corrected chi connectivity index (χ4v) is 6.32. The van der Waals surface area contributed by atoms with Gasteiger partial charge in [0.25, 0.3) is 0 Å². The molecule has 2 heterocycles. The van der Waals surface area contributed by atoms with Crippen molar-refractivity contribution in [3.8, 4) is 0 Å². The molecule has 6 rings (SSSR count). The maximum atomic E-state index is 13.0.